The van der Waals surface area contributed by atoms with Crippen LogP contribution < -0.4 is 10.9 Å². The minimum atomic E-state index is -0.812. The van der Waals surface area contributed by atoms with Crippen LogP contribution in [0, 0.1) is 5.82 Å². The maximum Gasteiger partial charge on any atom is 0.294 e. The molecule has 23 heavy (non-hydrogen) atoms. The number of rotatable bonds is 3. The number of aromatic hydroxyl groups is 1. The standard InChI is InChI=1S/C15H10FN3O3S/c16-8-3-5-9(6-4-8)17-14(21)11-12(20)15(22)19-13(18-11)10-2-1-7-23-10/h1-7,20H,(H,17,21)(H,18,19,22). The van der Waals surface area contributed by atoms with Crippen LogP contribution in [-0.4, -0.2) is 21.0 Å². The molecular weight excluding hydrogens is 321 g/mol. The van der Waals surface area contributed by atoms with Crippen LogP contribution in [0.5, 0.6) is 5.75 Å². The molecule has 3 aromatic rings. The molecule has 8 heteroatoms. The first-order valence-corrected chi connectivity index (χ1v) is 7.36. The highest BCUT2D eigenvalue weighted by atomic mass is 32.1. The van der Waals surface area contributed by atoms with E-state index >= 15 is 0 Å². The molecule has 0 radical (unpaired) electrons. The molecular formula is C15H10FN3O3S. The van der Waals surface area contributed by atoms with E-state index in [1.807, 2.05) is 0 Å². The van der Waals surface area contributed by atoms with Crippen LogP contribution in [0.1, 0.15) is 10.5 Å². The van der Waals surface area contributed by atoms with E-state index in [4.69, 9.17) is 0 Å². The van der Waals surface area contributed by atoms with Gasteiger partial charge in [0.25, 0.3) is 11.5 Å². The first kappa shape index (κ1) is 14.9. The summed E-state index contributed by atoms with van der Waals surface area (Å²) in [6, 6.07) is 8.57. The second-order valence-electron chi connectivity index (χ2n) is 4.55. The molecule has 0 unspecified atom stereocenters. The van der Waals surface area contributed by atoms with Gasteiger partial charge in [-0.05, 0) is 35.7 Å². The normalized spacial score (nSPS) is 10.5. The summed E-state index contributed by atoms with van der Waals surface area (Å²) in [7, 11) is 0. The Hall–Kier alpha value is -3.00. The molecule has 1 amide bonds. The van der Waals surface area contributed by atoms with Gasteiger partial charge in [-0.15, -0.1) is 11.3 Å². The number of hydrogen-bond acceptors (Lipinski definition) is 5. The second kappa shape index (κ2) is 6.01. The summed E-state index contributed by atoms with van der Waals surface area (Å²) in [6.07, 6.45) is 0. The van der Waals surface area contributed by atoms with Crippen LogP contribution >= 0.6 is 11.3 Å². The Kier molecular flexibility index (Phi) is 3.90. The molecule has 0 aliphatic rings. The molecule has 1 aromatic carbocycles. The molecule has 0 atom stereocenters. The molecule has 0 fully saturated rings. The van der Waals surface area contributed by atoms with E-state index in [9.17, 15) is 19.1 Å². The van der Waals surface area contributed by atoms with Gasteiger partial charge >= 0.3 is 0 Å². The number of thiophene rings is 1. The lowest BCUT2D eigenvalue weighted by Crippen LogP contribution is -2.20. The molecule has 116 valence electrons. The second-order valence-corrected chi connectivity index (χ2v) is 5.50. The van der Waals surface area contributed by atoms with Crippen molar-refractivity contribution in [3.63, 3.8) is 0 Å². The van der Waals surface area contributed by atoms with Gasteiger partial charge in [-0.3, -0.25) is 9.59 Å². The number of nitrogens with one attached hydrogen (secondary N) is 2. The van der Waals surface area contributed by atoms with Gasteiger partial charge in [0.1, 0.15) is 5.82 Å². The molecule has 2 heterocycles. The maximum absolute atomic E-state index is 12.9. The number of aromatic amines is 1. The molecule has 0 bridgehead atoms. The lowest BCUT2D eigenvalue weighted by atomic mass is 10.2. The summed E-state index contributed by atoms with van der Waals surface area (Å²) in [5.41, 5.74) is -0.898. The first-order valence-electron chi connectivity index (χ1n) is 6.48. The Balaban J connectivity index is 1.96. The monoisotopic (exact) mass is 331 g/mol. The van der Waals surface area contributed by atoms with Crippen molar-refractivity contribution in [2.75, 3.05) is 5.32 Å². The van der Waals surface area contributed by atoms with Crippen LogP contribution in [-0.2, 0) is 0 Å². The average molecular weight is 331 g/mol. The summed E-state index contributed by atoms with van der Waals surface area (Å²) in [5.74, 6) is -1.80. The van der Waals surface area contributed by atoms with Crippen LogP contribution in [0.15, 0.2) is 46.6 Å². The average Bonchev–Trinajstić information content (AvgIpc) is 3.06. The lowest BCUT2D eigenvalue weighted by Gasteiger charge is -2.07. The number of amides is 1. The van der Waals surface area contributed by atoms with E-state index in [0.717, 1.165) is 0 Å². The number of carbonyl (C=O) groups is 1. The van der Waals surface area contributed by atoms with Gasteiger partial charge in [0.05, 0.1) is 4.88 Å². The van der Waals surface area contributed by atoms with Crippen LogP contribution in [0.4, 0.5) is 10.1 Å². The van der Waals surface area contributed by atoms with Gasteiger partial charge in [-0.1, -0.05) is 6.07 Å². The molecule has 0 spiro atoms. The predicted molar refractivity (Wildman–Crippen MR) is 84.2 cm³/mol. The van der Waals surface area contributed by atoms with E-state index in [2.05, 4.69) is 15.3 Å². The fourth-order valence-electron chi connectivity index (χ4n) is 1.88. The highest BCUT2D eigenvalue weighted by Crippen LogP contribution is 2.22. The summed E-state index contributed by atoms with van der Waals surface area (Å²) >= 11 is 1.33. The van der Waals surface area contributed by atoms with Gasteiger partial charge < -0.3 is 15.4 Å². The Labute approximate surface area is 133 Å². The van der Waals surface area contributed by atoms with E-state index < -0.39 is 28.7 Å². The van der Waals surface area contributed by atoms with Gasteiger partial charge in [0.15, 0.2) is 11.5 Å². The molecule has 2 aromatic heterocycles. The summed E-state index contributed by atoms with van der Waals surface area (Å²) in [6.45, 7) is 0. The number of carbonyl (C=O) groups excluding carboxylic acids is 1. The van der Waals surface area contributed by atoms with Crippen molar-refractivity contribution in [2.45, 2.75) is 0 Å². The van der Waals surface area contributed by atoms with E-state index in [-0.39, 0.29) is 5.82 Å². The van der Waals surface area contributed by atoms with Gasteiger partial charge in [-0.25, -0.2) is 9.37 Å². The smallest absolute Gasteiger partial charge is 0.294 e. The number of H-pyrrole nitrogens is 1. The zero-order chi connectivity index (χ0) is 16.4. The molecule has 3 N–H and O–H groups in total. The van der Waals surface area contributed by atoms with Crippen molar-refractivity contribution in [3.05, 3.63) is 63.6 Å². The highest BCUT2D eigenvalue weighted by molar-refractivity contribution is 7.13. The molecule has 6 nitrogen and oxygen atoms in total. The number of aromatic nitrogens is 2. The largest absolute Gasteiger partial charge is 0.501 e. The van der Waals surface area contributed by atoms with Crippen molar-refractivity contribution in [1.29, 1.82) is 0 Å². The predicted octanol–water partition coefficient (Wildman–Crippen LogP) is 2.60. The Morgan fingerprint density at radius 3 is 2.65 bits per heavy atom. The third kappa shape index (κ3) is 3.11. The topological polar surface area (TPSA) is 95.1 Å². The molecule has 0 saturated carbocycles. The van der Waals surface area contributed by atoms with E-state index in [0.29, 0.717) is 10.6 Å². The number of halogens is 1. The summed E-state index contributed by atoms with van der Waals surface area (Å²) < 4.78 is 12.9. The van der Waals surface area contributed by atoms with Crippen LogP contribution in [0.3, 0.4) is 0 Å². The van der Waals surface area contributed by atoms with Crippen molar-refractivity contribution < 1.29 is 14.3 Å². The van der Waals surface area contributed by atoms with Gasteiger partial charge in [0, 0.05) is 5.69 Å². The third-order valence-electron chi connectivity index (χ3n) is 2.97. The Morgan fingerprint density at radius 1 is 1.26 bits per heavy atom. The molecule has 0 saturated heterocycles. The van der Waals surface area contributed by atoms with Crippen molar-refractivity contribution in [1.82, 2.24) is 9.97 Å². The lowest BCUT2D eigenvalue weighted by molar-refractivity contribution is 0.101. The van der Waals surface area contributed by atoms with E-state index in [1.165, 1.54) is 35.6 Å². The number of hydrogen-bond donors (Lipinski definition) is 3. The fourth-order valence-corrected chi connectivity index (χ4v) is 2.55. The van der Waals surface area contributed by atoms with Gasteiger partial charge in [-0.2, -0.15) is 0 Å². The zero-order valence-corrected chi connectivity index (χ0v) is 12.4. The maximum atomic E-state index is 12.9. The zero-order valence-electron chi connectivity index (χ0n) is 11.5. The third-order valence-corrected chi connectivity index (χ3v) is 3.84. The van der Waals surface area contributed by atoms with Crippen molar-refractivity contribution in [2.24, 2.45) is 0 Å². The van der Waals surface area contributed by atoms with E-state index in [1.54, 1.807) is 17.5 Å². The number of anilines is 1. The van der Waals surface area contributed by atoms with Crippen molar-refractivity contribution >= 4 is 22.9 Å². The fraction of sp³-hybridized carbons (Fsp3) is 0. The van der Waals surface area contributed by atoms with Crippen LogP contribution in [0.2, 0.25) is 0 Å². The first-order chi connectivity index (χ1) is 11.0. The molecule has 0 aliphatic heterocycles. The number of nitrogens with zero attached hydrogens (tertiary/aromatic N) is 1. The number of benzene rings is 1. The quantitative estimate of drug-likeness (QED) is 0.687. The van der Waals surface area contributed by atoms with Crippen molar-refractivity contribution in [3.8, 4) is 16.5 Å². The minimum Gasteiger partial charge on any atom is -0.501 e. The summed E-state index contributed by atoms with van der Waals surface area (Å²) in [5, 5.41) is 14.0. The van der Waals surface area contributed by atoms with Crippen LogP contribution in [0.25, 0.3) is 10.7 Å². The van der Waals surface area contributed by atoms with Gasteiger partial charge in [0.2, 0.25) is 5.75 Å². The molecule has 3 rings (SSSR count). The Morgan fingerprint density at radius 2 is 2.00 bits per heavy atom. The SMILES string of the molecule is O=C(Nc1ccc(F)cc1)c1nc(-c2cccs2)[nH]c(=O)c1O. The molecule has 0 aliphatic carbocycles. The summed E-state index contributed by atoms with van der Waals surface area (Å²) in [4.78, 5) is 31.1. The minimum absolute atomic E-state index is 0.187. The Bertz CT molecular complexity index is 905. The highest BCUT2D eigenvalue weighted by Gasteiger charge is 2.19.